The summed E-state index contributed by atoms with van der Waals surface area (Å²) in [4.78, 5) is 15.7. The number of rotatable bonds is 4. The summed E-state index contributed by atoms with van der Waals surface area (Å²) in [5, 5.41) is 8.00. The number of hydrogen-bond acceptors (Lipinski definition) is 4. The van der Waals surface area contributed by atoms with Crippen LogP contribution in [0.25, 0.3) is 22.3 Å². The Hall–Kier alpha value is -3.32. The Bertz CT molecular complexity index is 1180. The molecule has 1 N–H and O–H groups in total. The molecule has 0 saturated heterocycles. The van der Waals surface area contributed by atoms with Crippen molar-refractivity contribution in [3.8, 4) is 22.9 Å². The van der Waals surface area contributed by atoms with Crippen LogP contribution in [0, 0.1) is 11.6 Å². The molecule has 0 bridgehead atoms. The van der Waals surface area contributed by atoms with Crippen LogP contribution in [0.1, 0.15) is 10.4 Å². The summed E-state index contributed by atoms with van der Waals surface area (Å²) in [6, 6.07) is 11.5. The second-order valence-electron chi connectivity index (χ2n) is 5.63. The molecule has 0 amide bonds. The van der Waals surface area contributed by atoms with Crippen LogP contribution in [0.4, 0.5) is 8.78 Å². The van der Waals surface area contributed by atoms with Gasteiger partial charge in [0.2, 0.25) is 5.88 Å². The van der Waals surface area contributed by atoms with Gasteiger partial charge in [-0.15, -0.1) is 0 Å². The van der Waals surface area contributed by atoms with Crippen LogP contribution < -0.4 is 4.74 Å². The van der Waals surface area contributed by atoms with Gasteiger partial charge in [0.05, 0.1) is 11.3 Å². The number of aromatic nitrogens is 3. The van der Waals surface area contributed by atoms with Gasteiger partial charge in [-0.05, 0) is 24.3 Å². The monoisotopic (exact) mass is 385 g/mol. The number of aromatic amines is 1. The van der Waals surface area contributed by atoms with Crippen LogP contribution in [-0.4, -0.2) is 21.5 Å². The van der Waals surface area contributed by atoms with E-state index in [1.54, 1.807) is 18.2 Å². The molecular weight excluding hydrogens is 376 g/mol. The highest BCUT2D eigenvalue weighted by Gasteiger charge is 2.17. The van der Waals surface area contributed by atoms with Gasteiger partial charge >= 0.3 is 0 Å². The van der Waals surface area contributed by atoms with E-state index in [0.717, 1.165) is 12.1 Å². The van der Waals surface area contributed by atoms with E-state index in [1.807, 2.05) is 6.07 Å². The van der Waals surface area contributed by atoms with Crippen LogP contribution in [0.5, 0.6) is 11.6 Å². The first kappa shape index (κ1) is 17.1. The van der Waals surface area contributed by atoms with Gasteiger partial charge in [-0.2, -0.15) is 10.1 Å². The van der Waals surface area contributed by atoms with Crippen molar-refractivity contribution in [3.05, 3.63) is 70.8 Å². The van der Waals surface area contributed by atoms with Crippen LogP contribution in [0.2, 0.25) is 5.02 Å². The average Bonchev–Trinajstić information content (AvgIpc) is 3.06. The van der Waals surface area contributed by atoms with Crippen molar-refractivity contribution >= 4 is 28.9 Å². The highest BCUT2D eigenvalue weighted by molar-refractivity contribution is 6.33. The molecule has 0 atom stereocenters. The fourth-order valence-corrected chi connectivity index (χ4v) is 2.87. The first-order valence-corrected chi connectivity index (χ1v) is 8.16. The molecule has 0 aliphatic rings. The molecule has 0 unspecified atom stereocenters. The molecule has 134 valence electrons. The Morgan fingerprint density at radius 3 is 2.67 bits per heavy atom. The molecule has 0 spiro atoms. The van der Waals surface area contributed by atoms with E-state index in [4.69, 9.17) is 16.3 Å². The van der Waals surface area contributed by atoms with Gasteiger partial charge in [-0.25, -0.2) is 8.78 Å². The number of aldehydes is 1. The van der Waals surface area contributed by atoms with Crippen molar-refractivity contribution in [2.75, 3.05) is 0 Å². The summed E-state index contributed by atoms with van der Waals surface area (Å²) in [5.74, 6) is -2.04. The normalized spacial score (nSPS) is 10.9. The molecule has 0 aliphatic carbocycles. The quantitative estimate of drug-likeness (QED) is 0.492. The standard InChI is InChI=1S/C19H10ClF2N3O2/c20-14-4-2-1-3-12(14)17-13-7-10(9-26)19(23-18(13)25-24-17)27-16-6-5-11(21)8-15(16)22/h1-9H,(H,23,24,25). The van der Waals surface area contributed by atoms with Gasteiger partial charge in [0.15, 0.2) is 23.5 Å². The molecule has 0 saturated carbocycles. The van der Waals surface area contributed by atoms with Crippen molar-refractivity contribution in [2.45, 2.75) is 0 Å². The summed E-state index contributed by atoms with van der Waals surface area (Å²) >= 11 is 6.22. The zero-order valence-electron chi connectivity index (χ0n) is 13.5. The van der Waals surface area contributed by atoms with Gasteiger partial charge in [0, 0.05) is 22.0 Å². The molecule has 0 radical (unpaired) electrons. The lowest BCUT2D eigenvalue weighted by molar-refractivity contribution is 0.112. The smallest absolute Gasteiger partial charge is 0.232 e. The van der Waals surface area contributed by atoms with Gasteiger partial charge in [-0.3, -0.25) is 9.89 Å². The zero-order valence-corrected chi connectivity index (χ0v) is 14.3. The van der Waals surface area contributed by atoms with E-state index < -0.39 is 11.6 Å². The molecule has 4 rings (SSSR count). The SMILES string of the molecule is O=Cc1cc2c(-c3ccccc3Cl)[nH]nc2nc1Oc1ccc(F)cc1F. The lowest BCUT2D eigenvalue weighted by Gasteiger charge is -2.08. The number of H-pyrrole nitrogens is 1. The van der Waals surface area contributed by atoms with E-state index in [9.17, 15) is 13.6 Å². The maximum absolute atomic E-state index is 13.8. The van der Waals surface area contributed by atoms with Gasteiger partial charge in [0.1, 0.15) is 5.82 Å². The summed E-state index contributed by atoms with van der Waals surface area (Å²) in [6.45, 7) is 0. The number of hydrogen-bond donors (Lipinski definition) is 1. The molecule has 27 heavy (non-hydrogen) atoms. The number of ether oxygens (including phenoxy) is 1. The fraction of sp³-hybridized carbons (Fsp3) is 0. The molecule has 0 aliphatic heterocycles. The summed E-state index contributed by atoms with van der Waals surface area (Å²) in [5.41, 5.74) is 1.62. The lowest BCUT2D eigenvalue weighted by Crippen LogP contribution is -1.97. The van der Waals surface area contributed by atoms with Crippen LogP contribution in [0.15, 0.2) is 48.5 Å². The summed E-state index contributed by atoms with van der Waals surface area (Å²) in [7, 11) is 0. The van der Waals surface area contributed by atoms with Crippen molar-refractivity contribution in [1.29, 1.82) is 0 Å². The second kappa shape index (κ2) is 6.77. The molecule has 2 aromatic heterocycles. The van der Waals surface area contributed by atoms with Crippen molar-refractivity contribution in [2.24, 2.45) is 0 Å². The van der Waals surface area contributed by atoms with Crippen molar-refractivity contribution < 1.29 is 18.3 Å². The number of pyridine rings is 1. The average molecular weight is 386 g/mol. The third-order valence-electron chi connectivity index (χ3n) is 3.91. The largest absolute Gasteiger partial charge is 0.435 e. The Morgan fingerprint density at radius 1 is 1.11 bits per heavy atom. The molecule has 4 aromatic rings. The number of nitrogens with one attached hydrogen (secondary N) is 1. The van der Waals surface area contributed by atoms with Gasteiger partial charge in [0.25, 0.3) is 0 Å². The molecule has 2 heterocycles. The highest BCUT2D eigenvalue weighted by atomic mass is 35.5. The van der Waals surface area contributed by atoms with Crippen molar-refractivity contribution in [1.82, 2.24) is 15.2 Å². The topological polar surface area (TPSA) is 67.9 Å². The Kier molecular flexibility index (Phi) is 4.29. The zero-order chi connectivity index (χ0) is 19.0. The maximum atomic E-state index is 13.8. The van der Waals surface area contributed by atoms with E-state index in [1.165, 1.54) is 6.07 Å². The summed E-state index contributed by atoms with van der Waals surface area (Å²) < 4.78 is 32.3. The number of nitrogens with zero attached hydrogens (tertiary/aromatic N) is 2. The highest BCUT2D eigenvalue weighted by Crippen LogP contribution is 2.34. The molecule has 2 aromatic carbocycles. The number of fused-ring (bicyclic) bond motifs is 1. The van der Waals surface area contributed by atoms with Gasteiger partial charge < -0.3 is 4.74 Å². The second-order valence-corrected chi connectivity index (χ2v) is 6.03. The van der Waals surface area contributed by atoms with Crippen LogP contribution in [0.3, 0.4) is 0 Å². The Morgan fingerprint density at radius 2 is 1.93 bits per heavy atom. The number of carbonyl (C=O) groups is 1. The molecule has 8 heteroatoms. The van der Waals surface area contributed by atoms with Crippen molar-refractivity contribution in [3.63, 3.8) is 0 Å². The van der Waals surface area contributed by atoms with Crippen LogP contribution in [-0.2, 0) is 0 Å². The lowest BCUT2D eigenvalue weighted by atomic mass is 10.1. The van der Waals surface area contributed by atoms with E-state index in [2.05, 4.69) is 15.2 Å². The van der Waals surface area contributed by atoms with E-state index in [0.29, 0.717) is 34.0 Å². The molecular formula is C19H10ClF2N3O2. The predicted molar refractivity (Wildman–Crippen MR) is 96.2 cm³/mol. The fourth-order valence-electron chi connectivity index (χ4n) is 2.64. The predicted octanol–water partition coefficient (Wildman–Crippen LogP) is 5.16. The number of carbonyl (C=O) groups excluding carboxylic acids is 1. The Balaban J connectivity index is 1.82. The Labute approximate surface area is 156 Å². The van der Waals surface area contributed by atoms with Gasteiger partial charge in [-0.1, -0.05) is 29.8 Å². The minimum Gasteiger partial charge on any atom is -0.435 e. The molecule has 5 nitrogen and oxygen atoms in total. The minimum absolute atomic E-state index is 0.0842. The minimum atomic E-state index is -0.910. The first-order valence-electron chi connectivity index (χ1n) is 7.79. The maximum Gasteiger partial charge on any atom is 0.232 e. The third-order valence-corrected chi connectivity index (χ3v) is 4.24. The van der Waals surface area contributed by atoms with E-state index in [-0.39, 0.29) is 22.8 Å². The summed E-state index contributed by atoms with van der Waals surface area (Å²) in [6.07, 6.45) is 0.534. The first-order chi connectivity index (χ1) is 13.1. The number of halogens is 3. The molecule has 0 fully saturated rings. The van der Waals surface area contributed by atoms with E-state index >= 15 is 0 Å². The third kappa shape index (κ3) is 3.13. The number of benzene rings is 2. The van der Waals surface area contributed by atoms with Crippen LogP contribution >= 0.6 is 11.6 Å².